The summed E-state index contributed by atoms with van der Waals surface area (Å²) in [6, 6.07) is 14.1. The monoisotopic (exact) mass is 450 g/mol. The average Bonchev–Trinajstić information content (AvgIpc) is 2.85. The number of aromatic nitrogens is 2. The first-order chi connectivity index (χ1) is 16.3. The van der Waals surface area contributed by atoms with E-state index in [1.165, 1.54) is 11.1 Å². The van der Waals surface area contributed by atoms with Crippen LogP contribution in [0.1, 0.15) is 24.2 Å². The Morgan fingerprint density at radius 3 is 2.38 bits per heavy atom. The standard InChI is InChI=1S/C22H19B3N4O3.C2H6/c23-15-8-13(6-7-14(15)12-4-2-1-3-5-12)22(32)29-10-16(19(31)17(30)11-29)27-18-9-26-20(24)21(25)28-18;1-2/h1-9,16-17,19,30-31H,10-11H2,(H,27,28);1-2H3. The normalized spacial score (nSPS) is 19.6. The number of carbonyl (C=O) groups excluding carboxylic acids is 1. The van der Waals surface area contributed by atoms with Gasteiger partial charge in [0, 0.05) is 24.2 Å². The molecule has 34 heavy (non-hydrogen) atoms. The summed E-state index contributed by atoms with van der Waals surface area (Å²) in [5, 5.41) is 23.7. The van der Waals surface area contributed by atoms with Gasteiger partial charge in [-0.05, 0) is 22.8 Å². The van der Waals surface area contributed by atoms with Crippen LogP contribution in [0, 0.1) is 0 Å². The molecule has 1 aromatic heterocycles. The molecule has 3 unspecified atom stereocenters. The lowest BCUT2D eigenvalue weighted by molar-refractivity contribution is -0.0391. The Labute approximate surface area is 203 Å². The molecule has 0 saturated carbocycles. The van der Waals surface area contributed by atoms with Crippen molar-refractivity contribution in [3.63, 3.8) is 0 Å². The first-order valence-corrected chi connectivity index (χ1v) is 11.1. The Bertz CT molecular complexity index is 1130. The van der Waals surface area contributed by atoms with Crippen molar-refractivity contribution in [2.75, 3.05) is 18.4 Å². The van der Waals surface area contributed by atoms with E-state index in [1.54, 1.807) is 18.2 Å². The third-order valence-corrected chi connectivity index (χ3v) is 5.46. The highest BCUT2D eigenvalue weighted by molar-refractivity contribution is 6.46. The summed E-state index contributed by atoms with van der Waals surface area (Å²) in [6.45, 7) is 4.11. The fraction of sp³-hybridized carbons (Fsp3) is 0.292. The van der Waals surface area contributed by atoms with Gasteiger partial charge in [-0.25, -0.2) is 4.98 Å². The number of hydrogen-bond donors (Lipinski definition) is 3. The summed E-state index contributed by atoms with van der Waals surface area (Å²) in [4.78, 5) is 22.6. The third kappa shape index (κ3) is 5.69. The van der Waals surface area contributed by atoms with Crippen molar-refractivity contribution in [3.05, 3.63) is 60.3 Å². The van der Waals surface area contributed by atoms with Gasteiger partial charge in [0.15, 0.2) is 0 Å². The van der Waals surface area contributed by atoms with Crippen LogP contribution in [0.2, 0.25) is 0 Å². The predicted octanol–water partition coefficient (Wildman–Crippen LogP) is -0.790. The number of aliphatic hydroxyl groups excluding tert-OH is 2. The van der Waals surface area contributed by atoms with Crippen molar-refractivity contribution in [1.82, 2.24) is 14.9 Å². The molecule has 1 amide bonds. The van der Waals surface area contributed by atoms with Crippen molar-refractivity contribution in [3.8, 4) is 11.1 Å². The molecule has 1 aliphatic heterocycles. The fourth-order valence-corrected chi connectivity index (χ4v) is 3.75. The number of nitrogens with zero attached hydrogens (tertiary/aromatic N) is 3. The predicted molar refractivity (Wildman–Crippen MR) is 137 cm³/mol. The number of likely N-dealkylation sites (tertiary alicyclic amines) is 1. The number of β-amino-alcohol motifs (C(OH)–C–C–N with tert-alkyl or cyclic N) is 1. The van der Waals surface area contributed by atoms with E-state index in [4.69, 9.17) is 23.5 Å². The maximum Gasteiger partial charge on any atom is 0.253 e. The van der Waals surface area contributed by atoms with Crippen LogP contribution in [0.3, 0.4) is 0 Å². The van der Waals surface area contributed by atoms with Gasteiger partial charge in [0.05, 0.1) is 18.3 Å². The molecule has 2 heterocycles. The van der Waals surface area contributed by atoms with Crippen LogP contribution in [0.4, 0.5) is 5.82 Å². The van der Waals surface area contributed by atoms with E-state index < -0.39 is 18.2 Å². The molecule has 0 spiro atoms. The van der Waals surface area contributed by atoms with Gasteiger partial charge in [-0.3, -0.25) is 9.78 Å². The molecule has 1 saturated heterocycles. The van der Waals surface area contributed by atoms with Crippen molar-refractivity contribution < 1.29 is 15.0 Å². The van der Waals surface area contributed by atoms with E-state index in [0.29, 0.717) is 11.0 Å². The van der Waals surface area contributed by atoms with E-state index in [9.17, 15) is 15.0 Å². The van der Waals surface area contributed by atoms with Gasteiger partial charge in [-0.2, -0.15) is 0 Å². The second-order valence-electron chi connectivity index (χ2n) is 7.71. The average molecular weight is 450 g/mol. The SMILES string of the molecule is CC.[B]c1cc(C(=O)N2CC(O)C(O)C(Nc3cnc([B])c([B])n3)C2)ccc1-c1ccccc1. The quantitative estimate of drug-likeness (QED) is 0.452. The van der Waals surface area contributed by atoms with Crippen molar-refractivity contribution in [2.45, 2.75) is 32.1 Å². The Morgan fingerprint density at radius 1 is 1.03 bits per heavy atom. The highest BCUT2D eigenvalue weighted by Crippen LogP contribution is 2.20. The van der Waals surface area contributed by atoms with E-state index in [2.05, 4.69) is 15.3 Å². The topological polar surface area (TPSA) is 98.6 Å². The van der Waals surface area contributed by atoms with Gasteiger partial charge in [0.25, 0.3) is 5.91 Å². The second-order valence-corrected chi connectivity index (χ2v) is 7.71. The number of carbonyl (C=O) groups is 1. The first kappa shape index (κ1) is 25.5. The Hall–Kier alpha value is -3.10. The van der Waals surface area contributed by atoms with Crippen LogP contribution < -0.4 is 22.0 Å². The van der Waals surface area contributed by atoms with Gasteiger partial charge in [-0.15, -0.1) is 0 Å². The maximum absolute atomic E-state index is 13.1. The van der Waals surface area contributed by atoms with Crippen LogP contribution in [-0.4, -0.2) is 85.9 Å². The lowest BCUT2D eigenvalue weighted by Gasteiger charge is -2.39. The van der Waals surface area contributed by atoms with Crippen LogP contribution in [0.25, 0.3) is 11.1 Å². The van der Waals surface area contributed by atoms with Crippen LogP contribution in [-0.2, 0) is 0 Å². The number of amides is 1. The molecule has 3 N–H and O–H groups in total. The van der Waals surface area contributed by atoms with Crippen molar-refractivity contribution in [2.24, 2.45) is 0 Å². The molecule has 10 heteroatoms. The zero-order chi connectivity index (χ0) is 24.8. The Balaban J connectivity index is 0.00000158. The number of piperidine rings is 1. The molecular formula is C24H25B3N4O3. The number of anilines is 1. The summed E-state index contributed by atoms with van der Waals surface area (Å²) in [5.41, 5.74) is 2.78. The summed E-state index contributed by atoms with van der Waals surface area (Å²) in [6.07, 6.45) is -0.899. The Kier molecular flexibility index (Phi) is 8.53. The van der Waals surface area contributed by atoms with Crippen LogP contribution >= 0.6 is 0 Å². The number of benzene rings is 2. The van der Waals surface area contributed by atoms with Gasteiger partial charge < -0.3 is 20.4 Å². The number of nitrogens with one attached hydrogen (secondary N) is 1. The number of rotatable bonds is 4. The fourth-order valence-electron chi connectivity index (χ4n) is 3.75. The van der Waals surface area contributed by atoms with Crippen LogP contribution in [0.15, 0.2) is 54.7 Å². The van der Waals surface area contributed by atoms with Crippen LogP contribution in [0.5, 0.6) is 0 Å². The zero-order valence-electron chi connectivity index (χ0n) is 19.2. The molecule has 168 valence electrons. The summed E-state index contributed by atoms with van der Waals surface area (Å²) in [5.74, 6) is -0.0318. The molecule has 3 aromatic rings. The van der Waals surface area contributed by atoms with E-state index >= 15 is 0 Å². The van der Waals surface area contributed by atoms with Gasteiger partial charge in [0.2, 0.25) is 0 Å². The number of hydrogen-bond acceptors (Lipinski definition) is 6. The van der Waals surface area contributed by atoms with E-state index in [0.717, 1.165) is 11.1 Å². The molecule has 1 aliphatic rings. The molecule has 2 aromatic carbocycles. The highest BCUT2D eigenvalue weighted by Gasteiger charge is 2.37. The van der Waals surface area contributed by atoms with E-state index in [1.807, 2.05) is 44.2 Å². The lowest BCUT2D eigenvalue weighted by Crippen LogP contribution is -2.59. The Morgan fingerprint density at radius 2 is 1.74 bits per heavy atom. The van der Waals surface area contributed by atoms with Crippen molar-refractivity contribution in [1.29, 1.82) is 0 Å². The second kappa shape index (κ2) is 11.4. The molecule has 0 bridgehead atoms. The third-order valence-electron chi connectivity index (χ3n) is 5.46. The molecule has 3 atom stereocenters. The summed E-state index contributed by atoms with van der Waals surface area (Å²) < 4.78 is 0. The lowest BCUT2D eigenvalue weighted by atomic mass is 9.85. The largest absolute Gasteiger partial charge is 0.388 e. The first-order valence-electron chi connectivity index (χ1n) is 11.1. The molecular weight excluding hydrogens is 425 g/mol. The minimum Gasteiger partial charge on any atom is -0.388 e. The minimum atomic E-state index is -1.15. The smallest absolute Gasteiger partial charge is 0.253 e. The van der Waals surface area contributed by atoms with Gasteiger partial charge in [0.1, 0.15) is 35.5 Å². The zero-order valence-corrected chi connectivity index (χ0v) is 19.2. The molecule has 6 radical (unpaired) electrons. The molecule has 4 rings (SSSR count). The van der Waals surface area contributed by atoms with Gasteiger partial charge in [-0.1, -0.05) is 61.8 Å². The summed E-state index contributed by atoms with van der Waals surface area (Å²) >= 11 is 0. The molecule has 0 aliphatic carbocycles. The van der Waals surface area contributed by atoms with Crippen molar-refractivity contribution >= 4 is 51.9 Å². The summed E-state index contributed by atoms with van der Waals surface area (Å²) in [7, 11) is 17.5. The minimum absolute atomic E-state index is 0.0198. The van der Waals surface area contributed by atoms with E-state index in [-0.39, 0.29) is 36.0 Å². The molecule has 1 fully saturated rings. The highest BCUT2D eigenvalue weighted by atomic mass is 16.3. The van der Waals surface area contributed by atoms with Gasteiger partial charge >= 0.3 is 0 Å². The molecule has 7 nitrogen and oxygen atoms in total. The number of aliphatic hydroxyl groups is 2. The maximum atomic E-state index is 13.1.